The fourth-order valence-electron chi connectivity index (χ4n) is 1.91. The molecule has 1 amide bonds. The van der Waals surface area contributed by atoms with Gasteiger partial charge in [0.2, 0.25) is 6.41 Å². The molecule has 86 valence electrons. The molecule has 0 bridgehead atoms. The molecule has 0 N–H and O–H groups in total. The van der Waals surface area contributed by atoms with Crippen molar-refractivity contribution < 1.29 is 9.53 Å². The Bertz CT molecular complexity index is 339. The predicted octanol–water partition coefficient (Wildman–Crippen LogP) is 1.99. The molecule has 3 heteroatoms. The summed E-state index contributed by atoms with van der Waals surface area (Å²) in [5.74, 6) is 0.926. The Labute approximate surface area is 96.0 Å². The number of likely N-dealkylation sites (tertiary alicyclic amines) is 1. The van der Waals surface area contributed by atoms with Crippen molar-refractivity contribution >= 4 is 6.41 Å². The van der Waals surface area contributed by atoms with E-state index in [9.17, 15) is 4.79 Å². The summed E-state index contributed by atoms with van der Waals surface area (Å²) < 4.78 is 5.86. The fraction of sp³-hybridized carbons (Fsp3) is 0.462. The smallest absolute Gasteiger partial charge is 0.209 e. The van der Waals surface area contributed by atoms with E-state index in [0.717, 1.165) is 38.1 Å². The molecular formula is C13H17NO2. The Morgan fingerprint density at radius 2 is 1.88 bits per heavy atom. The SMILES string of the molecule is Cc1ccc(OC2CCN(C=O)CC2)cc1. The summed E-state index contributed by atoms with van der Waals surface area (Å²) in [4.78, 5) is 12.3. The molecule has 1 heterocycles. The van der Waals surface area contributed by atoms with Crippen LogP contribution in [-0.2, 0) is 4.79 Å². The van der Waals surface area contributed by atoms with Crippen molar-refractivity contribution in [1.29, 1.82) is 0 Å². The van der Waals surface area contributed by atoms with Gasteiger partial charge in [0.15, 0.2) is 0 Å². The third kappa shape index (κ3) is 2.75. The lowest BCUT2D eigenvalue weighted by atomic mass is 10.1. The highest BCUT2D eigenvalue weighted by molar-refractivity contribution is 5.47. The number of benzene rings is 1. The van der Waals surface area contributed by atoms with Crippen LogP contribution in [0.4, 0.5) is 0 Å². The van der Waals surface area contributed by atoms with E-state index in [1.807, 2.05) is 12.1 Å². The van der Waals surface area contributed by atoms with Gasteiger partial charge in [-0.15, -0.1) is 0 Å². The van der Waals surface area contributed by atoms with E-state index >= 15 is 0 Å². The highest BCUT2D eigenvalue weighted by atomic mass is 16.5. The van der Waals surface area contributed by atoms with Crippen LogP contribution in [0, 0.1) is 6.92 Å². The fourth-order valence-corrected chi connectivity index (χ4v) is 1.91. The number of carbonyl (C=O) groups excluding carboxylic acids is 1. The van der Waals surface area contributed by atoms with Gasteiger partial charge in [-0.25, -0.2) is 0 Å². The van der Waals surface area contributed by atoms with Crippen molar-refractivity contribution in [2.45, 2.75) is 25.9 Å². The number of hydrogen-bond donors (Lipinski definition) is 0. The second kappa shape index (κ2) is 5.01. The monoisotopic (exact) mass is 219 g/mol. The van der Waals surface area contributed by atoms with E-state index in [-0.39, 0.29) is 6.10 Å². The zero-order valence-electron chi connectivity index (χ0n) is 9.56. The highest BCUT2D eigenvalue weighted by Gasteiger charge is 2.19. The lowest BCUT2D eigenvalue weighted by Gasteiger charge is -2.29. The third-order valence-corrected chi connectivity index (χ3v) is 2.95. The van der Waals surface area contributed by atoms with Crippen LogP contribution in [0.1, 0.15) is 18.4 Å². The summed E-state index contributed by atoms with van der Waals surface area (Å²) in [6.45, 7) is 3.67. The van der Waals surface area contributed by atoms with E-state index < -0.39 is 0 Å². The summed E-state index contributed by atoms with van der Waals surface area (Å²) in [6.07, 6.45) is 3.01. The number of nitrogens with zero attached hydrogens (tertiary/aromatic N) is 1. The van der Waals surface area contributed by atoms with E-state index in [0.29, 0.717) is 0 Å². The van der Waals surface area contributed by atoms with Crippen LogP contribution < -0.4 is 4.74 Å². The molecular weight excluding hydrogens is 202 g/mol. The Balaban J connectivity index is 1.86. The molecule has 1 fully saturated rings. The second-order valence-corrected chi connectivity index (χ2v) is 4.27. The van der Waals surface area contributed by atoms with E-state index in [4.69, 9.17) is 4.74 Å². The van der Waals surface area contributed by atoms with Crippen LogP contribution in [0.2, 0.25) is 0 Å². The molecule has 0 unspecified atom stereocenters. The number of carbonyl (C=O) groups is 1. The minimum atomic E-state index is 0.249. The van der Waals surface area contributed by atoms with Gasteiger partial charge in [0.1, 0.15) is 11.9 Å². The second-order valence-electron chi connectivity index (χ2n) is 4.27. The first-order valence-corrected chi connectivity index (χ1v) is 5.70. The topological polar surface area (TPSA) is 29.5 Å². The average molecular weight is 219 g/mol. The number of hydrogen-bond acceptors (Lipinski definition) is 2. The lowest BCUT2D eigenvalue weighted by molar-refractivity contribution is -0.119. The Morgan fingerprint density at radius 3 is 2.44 bits per heavy atom. The number of amides is 1. The van der Waals surface area contributed by atoms with Crippen LogP contribution >= 0.6 is 0 Å². The molecule has 0 aromatic heterocycles. The summed E-state index contributed by atoms with van der Waals surface area (Å²) in [5.41, 5.74) is 1.24. The minimum Gasteiger partial charge on any atom is -0.490 e. The van der Waals surface area contributed by atoms with Crippen molar-refractivity contribution in [2.24, 2.45) is 0 Å². The van der Waals surface area contributed by atoms with Gasteiger partial charge in [0.05, 0.1) is 0 Å². The van der Waals surface area contributed by atoms with Gasteiger partial charge in [-0.2, -0.15) is 0 Å². The molecule has 1 aliphatic heterocycles. The Kier molecular flexibility index (Phi) is 3.44. The van der Waals surface area contributed by atoms with Gasteiger partial charge in [-0.3, -0.25) is 4.79 Å². The number of piperidine rings is 1. The first-order valence-electron chi connectivity index (χ1n) is 5.70. The zero-order valence-corrected chi connectivity index (χ0v) is 9.56. The maximum Gasteiger partial charge on any atom is 0.209 e. The molecule has 2 rings (SSSR count). The van der Waals surface area contributed by atoms with Crippen LogP contribution in [0.5, 0.6) is 5.75 Å². The molecule has 1 saturated heterocycles. The maximum absolute atomic E-state index is 10.5. The van der Waals surface area contributed by atoms with Gasteiger partial charge >= 0.3 is 0 Å². The normalized spacial score (nSPS) is 17.2. The summed E-state index contributed by atoms with van der Waals surface area (Å²) in [5, 5.41) is 0. The van der Waals surface area contributed by atoms with Gasteiger partial charge in [0.25, 0.3) is 0 Å². The van der Waals surface area contributed by atoms with Crippen molar-refractivity contribution in [3.05, 3.63) is 29.8 Å². The molecule has 1 aromatic rings. The first kappa shape index (κ1) is 11.0. The largest absolute Gasteiger partial charge is 0.490 e. The van der Waals surface area contributed by atoms with Crippen molar-refractivity contribution in [2.75, 3.05) is 13.1 Å². The minimum absolute atomic E-state index is 0.249. The average Bonchev–Trinajstić information content (AvgIpc) is 2.33. The lowest BCUT2D eigenvalue weighted by Crippen LogP contribution is -2.37. The first-order chi connectivity index (χ1) is 7.78. The van der Waals surface area contributed by atoms with Crippen molar-refractivity contribution in [3.63, 3.8) is 0 Å². The van der Waals surface area contributed by atoms with E-state index in [1.54, 1.807) is 4.90 Å². The molecule has 3 nitrogen and oxygen atoms in total. The summed E-state index contributed by atoms with van der Waals surface area (Å²) >= 11 is 0. The highest BCUT2D eigenvalue weighted by Crippen LogP contribution is 2.18. The summed E-state index contributed by atoms with van der Waals surface area (Å²) in [7, 11) is 0. The molecule has 16 heavy (non-hydrogen) atoms. The number of ether oxygens (including phenoxy) is 1. The van der Waals surface area contributed by atoms with Gasteiger partial charge < -0.3 is 9.64 Å². The van der Waals surface area contributed by atoms with E-state index in [2.05, 4.69) is 19.1 Å². The molecule has 0 aliphatic carbocycles. The Morgan fingerprint density at radius 1 is 1.25 bits per heavy atom. The van der Waals surface area contributed by atoms with E-state index in [1.165, 1.54) is 5.56 Å². The quantitative estimate of drug-likeness (QED) is 0.728. The Hall–Kier alpha value is -1.51. The van der Waals surface area contributed by atoms with Crippen LogP contribution in [-0.4, -0.2) is 30.5 Å². The third-order valence-electron chi connectivity index (χ3n) is 2.95. The van der Waals surface area contributed by atoms with Crippen molar-refractivity contribution in [1.82, 2.24) is 4.90 Å². The van der Waals surface area contributed by atoms with Crippen LogP contribution in [0.25, 0.3) is 0 Å². The summed E-state index contributed by atoms with van der Waals surface area (Å²) in [6, 6.07) is 8.11. The predicted molar refractivity (Wildman–Crippen MR) is 62.5 cm³/mol. The molecule has 0 saturated carbocycles. The maximum atomic E-state index is 10.5. The number of aryl methyl sites for hydroxylation is 1. The molecule has 0 atom stereocenters. The van der Waals surface area contributed by atoms with Crippen molar-refractivity contribution in [3.8, 4) is 5.75 Å². The molecule has 1 aromatic carbocycles. The molecule has 1 aliphatic rings. The van der Waals surface area contributed by atoms with Gasteiger partial charge in [-0.1, -0.05) is 17.7 Å². The molecule has 0 radical (unpaired) electrons. The standard InChI is InChI=1S/C13H17NO2/c1-11-2-4-12(5-3-11)16-13-6-8-14(10-15)9-7-13/h2-5,10,13H,6-9H2,1H3. The number of rotatable bonds is 3. The van der Waals surface area contributed by atoms with Crippen LogP contribution in [0.15, 0.2) is 24.3 Å². The van der Waals surface area contributed by atoms with Gasteiger partial charge in [0, 0.05) is 25.9 Å². The van der Waals surface area contributed by atoms with Crippen LogP contribution in [0.3, 0.4) is 0 Å². The zero-order chi connectivity index (χ0) is 11.4. The van der Waals surface area contributed by atoms with Gasteiger partial charge in [-0.05, 0) is 19.1 Å². The molecule has 0 spiro atoms.